The van der Waals surface area contributed by atoms with Crippen molar-refractivity contribution >= 4 is 40.7 Å². The first-order valence-electron chi connectivity index (χ1n) is 13.5. The molecular weight excluding hydrogens is 576 g/mol. The van der Waals surface area contributed by atoms with Crippen LogP contribution in [-0.2, 0) is 27.7 Å². The minimum Gasteiger partial charge on any atom is -0.334 e. The van der Waals surface area contributed by atoms with Gasteiger partial charge in [0.15, 0.2) is 0 Å². The Bertz CT molecular complexity index is 991. The molecule has 1 heterocycles. The van der Waals surface area contributed by atoms with Crippen LogP contribution in [0, 0.1) is 0 Å². The molecule has 0 saturated heterocycles. The van der Waals surface area contributed by atoms with Gasteiger partial charge in [-0.25, -0.2) is 12.7 Å². The SMILES string of the molecule is CN(CCCCNCCNC1CCCCCC1)S(=O)(=O)c1ccc2c(c1)CCN(C(=O)C(F)(F)F)CC2.Cl.Cl. The van der Waals surface area contributed by atoms with E-state index in [4.69, 9.17) is 0 Å². The van der Waals surface area contributed by atoms with Crippen LogP contribution in [0.2, 0.25) is 0 Å². The number of carbonyl (C=O) groups excluding carboxylic acids is 1. The Morgan fingerprint density at radius 1 is 0.974 bits per heavy atom. The topological polar surface area (TPSA) is 81.8 Å². The number of sulfonamides is 1. The van der Waals surface area contributed by atoms with Crippen LogP contribution in [0.3, 0.4) is 0 Å². The number of nitrogens with one attached hydrogen (secondary N) is 2. The summed E-state index contributed by atoms with van der Waals surface area (Å²) < 4.78 is 65.9. The number of benzene rings is 1. The van der Waals surface area contributed by atoms with Gasteiger partial charge in [0.25, 0.3) is 0 Å². The van der Waals surface area contributed by atoms with E-state index in [1.807, 2.05) is 0 Å². The molecule has 1 aliphatic heterocycles. The minimum atomic E-state index is -4.91. The number of fused-ring (bicyclic) bond motifs is 1. The molecule has 0 aromatic heterocycles. The molecule has 0 spiro atoms. The lowest BCUT2D eigenvalue weighted by atomic mass is 10.0. The zero-order chi connectivity index (χ0) is 26.9. The van der Waals surface area contributed by atoms with E-state index < -0.39 is 22.1 Å². The van der Waals surface area contributed by atoms with Gasteiger partial charge in [-0.05, 0) is 68.3 Å². The normalized spacial score (nSPS) is 17.0. The molecule has 0 bridgehead atoms. The summed E-state index contributed by atoms with van der Waals surface area (Å²) in [4.78, 5) is 12.5. The molecule has 13 heteroatoms. The molecule has 1 fully saturated rings. The molecule has 226 valence electrons. The largest absolute Gasteiger partial charge is 0.471 e. The van der Waals surface area contributed by atoms with Crippen molar-refractivity contribution < 1.29 is 26.4 Å². The Labute approximate surface area is 243 Å². The number of alkyl halides is 3. The average molecular weight is 620 g/mol. The first-order valence-corrected chi connectivity index (χ1v) is 14.9. The van der Waals surface area contributed by atoms with Crippen molar-refractivity contribution in [2.24, 2.45) is 0 Å². The lowest BCUT2D eigenvalue weighted by molar-refractivity contribution is -0.185. The van der Waals surface area contributed by atoms with Crippen LogP contribution in [0.4, 0.5) is 13.2 Å². The first kappa shape index (κ1) is 35.9. The Morgan fingerprint density at radius 3 is 2.26 bits per heavy atom. The van der Waals surface area contributed by atoms with Crippen LogP contribution in [0.1, 0.15) is 62.5 Å². The number of carbonyl (C=O) groups is 1. The summed E-state index contributed by atoms with van der Waals surface area (Å²) in [5.41, 5.74) is 1.45. The predicted octanol–water partition coefficient (Wildman–Crippen LogP) is 4.32. The first-order chi connectivity index (χ1) is 17.6. The molecule has 3 rings (SSSR count). The monoisotopic (exact) mass is 618 g/mol. The summed E-state index contributed by atoms with van der Waals surface area (Å²) in [6.07, 6.45) is 4.97. The van der Waals surface area contributed by atoms with Gasteiger partial charge < -0.3 is 15.5 Å². The number of hydrogen-bond donors (Lipinski definition) is 2. The molecule has 1 aromatic rings. The third-order valence-corrected chi connectivity index (χ3v) is 9.24. The zero-order valence-corrected chi connectivity index (χ0v) is 25.1. The number of nitrogens with zero attached hydrogens (tertiary/aromatic N) is 2. The molecule has 1 aliphatic carbocycles. The van der Waals surface area contributed by atoms with Gasteiger partial charge in [-0.3, -0.25) is 4.79 Å². The van der Waals surface area contributed by atoms with E-state index >= 15 is 0 Å². The maximum atomic E-state index is 13.1. The van der Waals surface area contributed by atoms with Crippen molar-refractivity contribution in [3.05, 3.63) is 29.3 Å². The van der Waals surface area contributed by atoms with E-state index in [2.05, 4.69) is 10.6 Å². The van der Waals surface area contributed by atoms with Gasteiger partial charge in [0.2, 0.25) is 10.0 Å². The minimum absolute atomic E-state index is 0. The second-order valence-electron chi connectivity index (χ2n) is 10.1. The highest BCUT2D eigenvalue weighted by molar-refractivity contribution is 7.89. The van der Waals surface area contributed by atoms with Crippen LogP contribution < -0.4 is 10.6 Å². The lowest BCUT2D eigenvalue weighted by Gasteiger charge is -2.21. The molecule has 0 radical (unpaired) electrons. The molecule has 1 saturated carbocycles. The molecule has 7 nitrogen and oxygen atoms in total. The van der Waals surface area contributed by atoms with E-state index in [-0.39, 0.29) is 55.6 Å². The molecule has 39 heavy (non-hydrogen) atoms. The number of amides is 1. The summed E-state index contributed by atoms with van der Waals surface area (Å²) >= 11 is 0. The summed E-state index contributed by atoms with van der Waals surface area (Å²) in [5, 5.41) is 7.05. The van der Waals surface area contributed by atoms with Gasteiger partial charge in [-0.1, -0.05) is 31.7 Å². The number of rotatable bonds is 11. The number of halogens is 5. The maximum Gasteiger partial charge on any atom is 0.471 e. The van der Waals surface area contributed by atoms with Gasteiger partial charge in [0.1, 0.15) is 0 Å². The maximum absolute atomic E-state index is 13.1. The van der Waals surface area contributed by atoms with Crippen molar-refractivity contribution in [3.63, 3.8) is 0 Å². The Morgan fingerprint density at radius 2 is 1.62 bits per heavy atom. The zero-order valence-electron chi connectivity index (χ0n) is 22.6. The molecule has 1 amide bonds. The van der Waals surface area contributed by atoms with Gasteiger partial charge in [-0.2, -0.15) is 13.2 Å². The second kappa shape index (κ2) is 17.0. The van der Waals surface area contributed by atoms with Crippen LogP contribution in [0.15, 0.2) is 23.1 Å². The van der Waals surface area contributed by atoms with Crippen molar-refractivity contribution in [2.75, 3.05) is 46.3 Å². The van der Waals surface area contributed by atoms with E-state index in [0.717, 1.165) is 42.9 Å². The fraction of sp³-hybridized carbons (Fsp3) is 0.731. The van der Waals surface area contributed by atoms with E-state index in [1.165, 1.54) is 48.9 Å². The Kier molecular flexibility index (Phi) is 15.6. The fourth-order valence-electron chi connectivity index (χ4n) is 5.10. The van der Waals surface area contributed by atoms with E-state index in [1.54, 1.807) is 19.2 Å². The highest BCUT2D eigenvalue weighted by Crippen LogP contribution is 2.25. The molecular formula is C26H43Cl2F3N4O3S. The molecule has 2 N–H and O–H groups in total. The Balaban J connectivity index is 0.00000380. The fourth-order valence-corrected chi connectivity index (χ4v) is 6.36. The lowest BCUT2D eigenvalue weighted by Crippen LogP contribution is -2.42. The third kappa shape index (κ3) is 11.0. The average Bonchev–Trinajstić information content (AvgIpc) is 3.25. The molecule has 0 atom stereocenters. The van der Waals surface area contributed by atoms with Crippen LogP contribution in [0.5, 0.6) is 0 Å². The highest BCUT2D eigenvalue weighted by Gasteiger charge is 2.42. The quantitative estimate of drug-likeness (QED) is 0.285. The van der Waals surface area contributed by atoms with Gasteiger partial charge in [0, 0.05) is 45.8 Å². The third-order valence-electron chi connectivity index (χ3n) is 7.38. The number of hydrogen-bond acceptors (Lipinski definition) is 5. The Hall–Kier alpha value is -1.11. The number of unbranched alkanes of at least 4 members (excludes halogenated alkanes) is 1. The van der Waals surface area contributed by atoms with E-state index in [9.17, 15) is 26.4 Å². The summed E-state index contributed by atoms with van der Waals surface area (Å²) in [6, 6.07) is 5.35. The van der Waals surface area contributed by atoms with E-state index in [0.29, 0.717) is 18.2 Å². The van der Waals surface area contributed by atoms with Crippen LogP contribution in [0.25, 0.3) is 0 Å². The van der Waals surface area contributed by atoms with Crippen LogP contribution in [-0.4, -0.2) is 82.1 Å². The summed E-state index contributed by atoms with van der Waals surface area (Å²) in [6.45, 7) is 2.92. The second-order valence-corrected chi connectivity index (χ2v) is 12.2. The summed E-state index contributed by atoms with van der Waals surface area (Å²) in [5.74, 6) is -1.85. The van der Waals surface area contributed by atoms with Crippen molar-refractivity contribution in [1.82, 2.24) is 19.8 Å². The smallest absolute Gasteiger partial charge is 0.334 e. The predicted molar refractivity (Wildman–Crippen MR) is 152 cm³/mol. The van der Waals surface area contributed by atoms with Gasteiger partial charge in [0.05, 0.1) is 4.90 Å². The van der Waals surface area contributed by atoms with Crippen molar-refractivity contribution in [1.29, 1.82) is 0 Å². The van der Waals surface area contributed by atoms with Gasteiger partial charge >= 0.3 is 12.1 Å². The van der Waals surface area contributed by atoms with Crippen LogP contribution >= 0.6 is 24.8 Å². The molecule has 2 aliphatic rings. The van der Waals surface area contributed by atoms with Crippen molar-refractivity contribution in [2.45, 2.75) is 81.3 Å². The molecule has 1 aromatic carbocycles. The highest BCUT2D eigenvalue weighted by atomic mass is 35.5. The standard InChI is InChI=1S/C26H41F3N4O3S.2ClH/c1-32(17-7-6-14-30-15-16-31-23-8-4-2-3-5-9-23)37(35,36)24-11-10-21-12-18-33(19-13-22(21)20-24)25(34)26(27,28)29;;/h10-11,20,23,30-31H,2-9,12-19H2,1H3;2*1H. The summed E-state index contributed by atoms with van der Waals surface area (Å²) in [7, 11) is -2.16. The van der Waals surface area contributed by atoms with Crippen molar-refractivity contribution in [3.8, 4) is 0 Å². The van der Waals surface area contributed by atoms with Gasteiger partial charge in [-0.15, -0.1) is 24.8 Å². The molecule has 0 unspecified atom stereocenters.